The molecule has 4 heterocycles. The van der Waals surface area contributed by atoms with Gasteiger partial charge in [-0.25, -0.2) is 4.98 Å². The summed E-state index contributed by atoms with van der Waals surface area (Å²) in [6.07, 6.45) is 3.76. The summed E-state index contributed by atoms with van der Waals surface area (Å²) in [6.45, 7) is 7.28. The summed E-state index contributed by atoms with van der Waals surface area (Å²) >= 11 is 1.43. The Morgan fingerprint density at radius 3 is 2.59 bits per heavy atom. The van der Waals surface area contributed by atoms with Gasteiger partial charge in [0.05, 0.1) is 28.2 Å². The molecule has 0 aliphatic carbocycles. The molecule has 1 aliphatic rings. The van der Waals surface area contributed by atoms with Gasteiger partial charge in [-0.15, -0.1) is 11.3 Å². The predicted octanol–water partition coefficient (Wildman–Crippen LogP) is 4.14. The molecular weight excluding hydrogens is 360 g/mol. The van der Waals surface area contributed by atoms with Gasteiger partial charge in [0.25, 0.3) is 5.91 Å². The van der Waals surface area contributed by atoms with Crippen LogP contribution in [0.2, 0.25) is 0 Å². The highest BCUT2D eigenvalue weighted by molar-refractivity contribution is 7.11. The largest absolute Gasteiger partial charge is 0.361 e. The van der Waals surface area contributed by atoms with Gasteiger partial charge in [0.2, 0.25) is 0 Å². The highest BCUT2D eigenvalue weighted by Gasteiger charge is 2.26. The van der Waals surface area contributed by atoms with Gasteiger partial charge < -0.3 is 9.42 Å². The number of rotatable bonds is 3. The molecule has 0 radical (unpaired) electrons. The van der Waals surface area contributed by atoms with E-state index >= 15 is 0 Å². The fraction of sp³-hybridized carbons (Fsp3) is 0.400. The molecule has 27 heavy (non-hydrogen) atoms. The highest BCUT2D eigenvalue weighted by atomic mass is 32.1. The van der Waals surface area contributed by atoms with Gasteiger partial charge in [-0.05, 0) is 57.2 Å². The van der Waals surface area contributed by atoms with Crippen LogP contribution in [0.5, 0.6) is 0 Å². The van der Waals surface area contributed by atoms with E-state index in [1.165, 1.54) is 16.9 Å². The van der Waals surface area contributed by atoms with Crippen LogP contribution in [0, 0.1) is 20.8 Å². The molecule has 7 heteroatoms. The van der Waals surface area contributed by atoms with E-state index in [9.17, 15) is 4.79 Å². The summed E-state index contributed by atoms with van der Waals surface area (Å²) in [5, 5.41) is 4.03. The van der Waals surface area contributed by atoms with E-state index in [1.54, 1.807) is 5.51 Å². The van der Waals surface area contributed by atoms with Crippen LogP contribution in [0.3, 0.4) is 0 Å². The Bertz CT molecular complexity index is 951. The fourth-order valence-corrected chi connectivity index (χ4v) is 4.52. The van der Waals surface area contributed by atoms with Gasteiger partial charge in [-0.3, -0.25) is 9.78 Å². The van der Waals surface area contributed by atoms with Gasteiger partial charge in [-0.2, -0.15) is 0 Å². The number of amides is 1. The van der Waals surface area contributed by atoms with Crippen LogP contribution in [0.1, 0.15) is 51.1 Å². The van der Waals surface area contributed by atoms with Gasteiger partial charge in [-0.1, -0.05) is 5.16 Å². The topological polar surface area (TPSA) is 72.1 Å². The third-order valence-corrected chi connectivity index (χ3v) is 6.18. The maximum absolute atomic E-state index is 12.7. The van der Waals surface area contributed by atoms with Crippen LogP contribution in [0.25, 0.3) is 11.3 Å². The molecule has 140 valence electrons. The van der Waals surface area contributed by atoms with E-state index in [-0.39, 0.29) is 5.91 Å². The van der Waals surface area contributed by atoms with Crippen LogP contribution < -0.4 is 0 Å². The summed E-state index contributed by atoms with van der Waals surface area (Å²) < 4.78 is 5.28. The molecule has 1 aliphatic heterocycles. The van der Waals surface area contributed by atoms with Crippen molar-refractivity contribution < 1.29 is 9.32 Å². The summed E-state index contributed by atoms with van der Waals surface area (Å²) in [4.78, 5) is 24.1. The Balaban J connectivity index is 1.48. The molecule has 1 fully saturated rings. The van der Waals surface area contributed by atoms with Gasteiger partial charge >= 0.3 is 0 Å². The lowest BCUT2D eigenvalue weighted by molar-refractivity contribution is 0.0717. The zero-order chi connectivity index (χ0) is 19.0. The minimum atomic E-state index is 0.111. The molecule has 3 aromatic heterocycles. The van der Waals surface area contributed by atoms with E-state index < -0.39 is 0 Å². The lowest BCUT2D eigenvalue weighted by atomic mass is 9.89. The fourth-order valence-electron chi connectivity index (χ4n) is 3.75. The van der Waals surface area contributed by atoms with Crippen molar-refractivity contribution in [3.05, 3.63) is 51.4 Å². The summed E-state index contributed by atoms with van der Waals surface area (Å²) in [7, 11) is 0. The Morgan fingerprint density at radius 2 is 1.96 bits per heavy atom. The van der Waals surface area contributed by atoms with E-state index in [0.29, 0.717) is 5.92 Å². The molecule has 0 saturated carbocycles. The predicted molar refractivity (Wildman–Crippen MR) is 104 cm³/mol. The van der Waals surface area contributed by atoms with E-state index in [1.807, 2.05) is 31.9 Å². The Hall–Kier alpha value is -2.54. The van der Waals surface area contributed by atoms with E-state index in [2.05, 4.69) is 27.3 Å². The molecule has 1 saturated heterocycles. The van der Waals surface area contributed by atoms with Crippen LogP contribution in [0.15, 0.2) is 28.4 Å². The molecule has 0 N–H and O–H groups in total. The lowest BCUT2D eigenvalue weighted by Crippen LogP contribution is -2.37. The second-order valence-corrected chi connectivity index (χ2v) is 7.86. The van der Waals surface area contributed by atoms with Crippen molar-refractivity contribution in [3.8, 4) is 11.3 Å². The number of pyridine rings is 1. The number of piperidine rings is 1. The van der Waals surface area contributed by atoms with Crippen molar-refractivity contribution in [1.29, 1.82) is 0 Å². The summed E-state index contributed by atoms with van der Waals surface area (Å²) in [6, 6.07) is 4.22. The molecule has 0 unspecified atom stereocenters. The van der Waals surface area contributed by atoms with E-state index in [0.717, 1.165) is 59.2 Å². The summed E-state index contributed by atoms with van der Waals surface area (Å²) in [5.41, 5.74) is 6.57. The van der Waals surface area contributed by atoms with Gasteiger partial charge in [0, 0.05) is 19.3 Å². The van der Waals surface area contributed by atoms with E-state index in [4.69, 9.17) is 4.52 Å². The monoisotopic (exact) mass is 382 g/mol. The number of carbonyl (C=O) groups excluding carboxylic acids is 1. The van der Waals surface area contributed by atoms with Crippen molar-refractivity contribution in [1.82, 2.24) is 20.0 Å². The average molecular weight is 382 g/mol. The molecular formula is C20H22N4O2S. The Labute approximate surface area is 162 Å². The molecule has 6 nitrogen and oxygen atoms in total. The van der Waals surface area contributed by atoms with Crippen LogP contribution in [-0.4, -0.2) is 39.0 Å². The summed E-state index contributed by atoms with van der Waals surface area (Å²) in [5.74, 6) is 1.33. The van der Waals surface area contributed by atoms with Crippen molar-refractivity contribution >= 4 is 17.2 Å². The maximum Gasteiger partial charge on any atom is 0.265 e. The van der Waals surface area contributed by atoms with Crippen LogP contribution in [0.4, 0.5) is 0 Å². The smallest absolute Gasteiger partial charge is 0.265 e. The molecule has 1 amide bonds. The molecule has 0 aromatic carbocycles. The van der Waals surface area contributed by atoms with Crippen molar-refractivity contribution in [2.24, 2.45) is 0 Å². The van der Waals surface area contributed by atoms with Gasteiger partial charge in [0.1, 0.15) is 10.6 Å². The quantitative estimate of drug-likeness (QED) is 0.681. The standard InChI is InChI=1S/C20H22N4O2S/c1-12-18(14(3)26-23-12)17-10-16(4-7-21-17)15-5-8-24(9-6-15)20(25)19-13(2)22-11-27-19/h4,7,10-11,15H,5-6,8-9H2,1-3H3. The molecule has 0 spiro atoms. The SMILES string of the molecule is Cc1ncsc1C(=O)N1CCC(c2ccnc(-c3c(C)noc3C)c2)CC1. The minimum Gasteiger partial charge on any atom is -0.361 e. The molecule has 0 bridgehead atoms. The second-order valence-electron chi connectivity index (χ2n) is 7.01. The first-order valence-corrected chi connectivity index (χ1v) is 10.0. The van der Waals surface area contributed by atoms with Crippen molar-refractivity contribution in [2.45, 2.75) is 39.5 Å². The number of aromatic nitrogens is 3. The molecule has 4 rings (SSSR count). The normalized spacial score (nSPS) is 15.3. The maximum atomic E-state index is 12.7. The number of nitrogens with zero attached hydrogens (tertiary/aromatic N) is 4. The number of thiazole rings is 1. The number of likely N-dealkylation sites (tertiary alicyclic amines) is 1. The lowest BCUT2D eigenvalue weighted by Gasteiger charge is -2.32. The average Bonchev–Trinajstić information content (AvgIpc) is 3.26. The van der Waals surface area contributed by atoms with Crippen molar-refractivity contribution in [2.75, 3.05) is 13.1 Å². The molecule has 3 aromatic rings. The first-order valence-electron chi connectivity index (χ1n) is 9.13. The number of carbonyl (C=O) groups is 1. The van der Waals surface area contributed by atoms with Crippen LogP contribution >= 0.6 is 11.3 Å². The van der Waals surface area contributed by atoms with Crippen molar-refractivity contribution in [3.63, 3.8) is 0 Å². The highest BCUT2D eigenvalue weighted by Crippen LogP contribution is 2.32. The Kier molecular flexibility index (Phi) is 4.78. The minimum absolute atomic E-state index is 0.111. The third kappa shape index (κ3) is 3.39. The third-order valence-electron chi connectivity index (χ3n) is 5.27. The number of aryl methyl sites for hydroxylation is 3. The Morgan fingerprint density at radius 1 is 1.19 bits per heavy atom. The second kappa shape index (κ2) is 7.23. The van der Waals surface area contributed by atoms with Gasteiger partial charge in [0.15, 0.2) is 0 Å². The first kappa shape index (κ1) is 17.9. The zero-order valence-electron chi connectivity index (χ0n) is 15.7. The first-order chi connectivity index (χ1) is 13.0. The number of hydrogen-bond acceptors (Lipinski definition) is 6. The number of hydrogen-bond donors (Lipinski definition) is 0. The zero-order valence-corrected chi connectivity index (χ0v) is 16.5. The van der Waals surface area contributed by atoms with Crippen LogP contribution in [-0.2, 0) is 0 Å². The molecule has 0 atom stereocenters.